The van der Waals surface area contributed by atoms with Crippen molar-refractivity contribution in [3.63, 3.8) is 0 Å². The van der Waals surface area contributed by atoms with Gasteiger partial charge in [-0.1, -0.05) is 22.6 Å². The first-order chi connectivity index (χ1) is 6.69. The Morgan fingerprint density at radius 3 is 2.21 bits per heavy atom. The Labute approximate surface area is 98.7 Å². The third kappa shape index (κ3) is 2.85. The Balaban J connectivity index is 2.90. The molecule has 0 bridgehead atoms. The molecule has 0 aliphatic rings. The van der Waals surface area contributed by atoms with Gasteiger partial charge in [-0.25, -0.2) is 0 Å². The Kier molecular flexibility index (Phi) is 4.68. The zero-order valence-corrected chi connectivity index (χ0v) is 10.9. The van der Waals surface area contributed by atoms with Gasteiger partial charge in [0.05, 0.1) is 6.61 Å². The van der Waals surface area contributed by atoms with Crippen molar-refractivity contribution in [2.75, 3.05) is 6.61 Å². The second-order valence-corrected chi connectivity index (χ2v) is 3.92. The molecule has 0 radical (unpaired) electrons. The molecule has 1 aromatic rings. The molecule has 78 valence electrons. The normalized spacial score (nSPS) is 10.3. The largest absolute Gasteiger partial charge is 0.338 e. The molecule has 0 saturated carbocycles. The van der Waals surface area contributed by atoms with Gasteiger partial charge < -0.3 is 4.89 Å². The first kappa shape index (κ1) is 11.8. The number of aryl methyl sites for hydroxylation is 2. The summed E-state index contributed by atoms with van der Waals surface area (Å²) < 4.78 is 1.03. The molecule has 1 aromatic carbocycles. The molecule has 0 spiro atoms. The van der Waals surface area contributed by atoms with Crippen molar-refractivity contribution < 1.29 is 9.78 Å². The van der Waals surface area contributed by atoms with Gasteiger partial charge in [-0.05, 0) is 49.6 Å². The third-order valence-electron chi connectivity index (χ3n) is 2.08. The van der Waals surface area contributed by atoms with E-state index in [9.17, 15) is 0 Å². The Morgan fingerprint density at radius 1 is 1.21 bits per heavy atom. The van der Waals surface area contributed by atoms with Crippen LogP contribution in [0, 0.1) is 13.8 Å². The van der Waals surface area contributed by atoms with E-state index in [1.807, 2.05) is 19.1 Å². The quantitative estimate of drug-likeness (QED) is 0.366. The standard InChI is InChI=1S/C11H15IO2/c1-4-13-14-10-5-8(2)11(7-12)9(3)6-10/h5-6H,4,7H2,1-3H3. The fourth-order valence-corrected chi connectivity index (χ4v) is 2.54. The Bertz CT molecular complexity index is 287. The molecule has 0 saturated heterocycles. The summed E-state index contributed by atoms with van der Waals surface area (Å²) in [5.74, 6) is 0.787. The number of alkyl halides is 1. The van der Waals surface area contributed by atoms with Crippen LogP contribution in [0.5, 0.6) is 5.75 Å². The summed E-state index contributed by atoms with van der Waals surface area (Å²) >= 11 is 2.37. The maximum atomic E-state index is 5.11. The maximum Gasteiger partial charge on any atom is 0.165 e. The van der Waals surface area contributed by atoms with Crippen LogP contribution in [0.25, 0.3) is 0 Å². The van der Waals surface area contributed by atoms with Gasteiger partial charge in [-0.15, -0.1) is 0 Å². The molecule has 0 atom stereocenters. The van der Waals surface area contributed by atoms with Crippen LogP contribution in [0.1, 0.15) is 23.6 Å². The lowest BCUT2D eigenvalue weighted by molar-refractivity contribution is -0.202. The minimum absolute atomic E-state index is 0.562. The molecular formula is C11H15IO2. The van der Waals surface area contributed by atoms with E-state index in [2.05, 4.69) is 36.4 Å². The van der Waals surface area contributed by atoms with E-state index in [1.54, 1.807) is 0 Å². The summed E-state index contributed by atoms with van der Waals surface area (Å²) in [5, 5.41) is 0. The predicted octanol–water partition coefficient (Wildman–Crippen LogP) is 3.57. The van der Waals surface area contributed by atoms with Crippen LogP contribution in [0.3, 0.4) is 0 Å². The number of halogens is 1. The van der Waals surface area contributed by atoms with Crippen molar-refractivity contribution in [1.29, 1.82) is 0 Å². The number of hydrogen-bond donors (Lipinski definition) is 0. The van der Waals surface area contributed by atoms with Gasteiger partial charge in [0.1, 0.15) is 0 Å². The molecule has 0 fully saturated rings. The number of benzene rings is 1. The van der Waals surface area contributed by atoms with Crippen molar-refractivity contribution in [3.05, 3.63) is 28.8 Å². The zero-order valence-electron chi connectivity index (χ0n) is 8.76. The van der Waals surface area contributed by atoms with Crippen molar-refractivity contribution in [2.45, 2.75) is 25.2 Å². The molecule has 1 rings (SSSR count). The highest BCUT2D eigenvalue weighted by atomic mass is 127. The SMILES string of the molecule is CCOOc1cc(C)c(CI)c(C)c1. The van der Waals surface area contributed by atoms with Crippen LogP contribution in [0.4, 0.5) is 0 Å². The lowest BCUT2D eigenvalue weighted by Gasteiger charge is -2.10. The van der Waals surface area contributed by atoms with E-state index in [0.717, 1.165) is 10.2 Å². The van der Waals surface area contributed by atoms with Crippen LogP contribution in [0.2, 0.25) is 0 Å². The van der Waals surface area contributed by atoms with E-state index >= 15 is 0 Å². The Morgan fingerprint density at radius 2 is 1.79 bits per heavy atom. The van der Waals surface area contributed by atoms with Crippen LogP contribution in [0.15, 0.2) is 12.1 Å². The molecule has 0 unspecified atom stereocenters. The van der Waals surface area contributed by atoms with E-state index < -0.39 is 0 Å². The van der Waals surface area contributed by atoms with Gasteiger partial charge in [0.2, 0.25) is 0 Å². The average molecular weight is 306 g/mol. The van der Waals surface area contributed by atoms with Gasteiger partial charge in [-0.2, -0.15) is 4.89 Å². The highest BCUT2D eigenvalue weighted by Gasteiger charge is 2.04. The summed E-state index contributed by atoms with van der Waals surface area (Å²) in [6, 6.07) is 4.02. The smallest absolute Gasteiger partial charge is 0.165 e. The Hall–Kier alpha value is -0.290. The fourth-order valence-electron chi connectivity index (χ4n) is 1.34. The van der Waals surface area contributed by atoms with Gasteiger partial charge in [0.15, 0.2) is 5.75 Å². The van der Waals surface area contributed by atoms with Gasteiger partial charge in [0.25, 0.3) is 0 Å². The van der Waals surface area contributed by atoms with E-state index in [1.165, 1.54) is 16.7 Å². The molecule has 0 amide bonds. The van der Waals surface area contributed by atoms with Gasteiger partial charge in [0, 0.05) is 4.43 Å². The van der Waals surface area contributed by atoms with Gasteiger partial charge >= 0.3 is 0 Å². The zero-order chi connectivity index (χ0) is 10.6. The summed E-state index contributed by atoms with van der Waals surface area (Å²) in [4.78, 5) is 10.0. The number of rotatable bonds is 4. The summed E-state index contributed by atoms with van der Waals surface area (Å²) in [6.45, 7) is 6.66. The third-order valence-corrected chi connectivity index (χ3v) is 2.84. The van der Waals surface area contributed by atoms with Crippen molar-refractivity contribution in [2.24, 2.45) is 0 Å². The van der Waals surface area contributed by atoms with Crippen LogP contribution in [-0.2, 0) is 9.32 Å². The van der Waals surface area contributed by atoms with E-state index in [-0.39, 0.29) is 0 Å². The molecule has 2 nitrogen and oxygen atoms in total. The molecular weight excluding hydrogens is 291 g/mol. The summed E-state index contributed by atoms with van der Waals surface area (Å²) in [7, 11) is 0. The molecule has 0 aliphatic heterocycles. The van der Waals surface area contributed by atoms with Crippen LogP contribution in [-0.4, -0.2) is 6.61 Å². The number of hydrogen-bond acceptors (Lipinski definition) is 2. The monoisotopic (exact) mass is 306 g/mol. The molecule has 0 aromatic heterocycles. The second kappa shape index (κ2) is 5.56. The summed E-state index contributed by atoms with van der Waals surface area (Å²) in [6.07, 6.45) is 0. The lowest BCUT2D eigenvalue weighted by Crippen LogP contribution is -1.98. The van der Waals surface area contributed by atoms with Crippen molar-refractivity contribution >= 4 is 22.6 Å². The average Bonchev–Trinajstić information content (AvgIpc) is 2.14. The second-order valence-electron chi connectivity index (χ2n) is 3.16. The van der Waals surface area contributed by atoms with E-state index in [4.69, 9.17) is 9.78 Å². The molecule has 0 N–H and O–H groups in total. The maximum absolute atomic E-state index is 5.11. The molecule has 0 aliphatic carbocycles. The lowest BCUT2D eigenvalue weighted by atomic mass is 10.0. The predicted molar refractivity (Wildman–Crippen MR) is 65.9 cm³/mol. The first-order valence-electron chi connectivity index (χ1n) is 4.64. The fraction of sp³-hybridized carbons (Fsp3) is 0.455. The highest BCUT2D eigenvalue weighted by Crippen LogP contribution is 2.23. The molecule has 14 heavy (non-hydrogen) atoms. The van der Waals surface area contributed by atoms with E-state index in [0.29, 0.717) is 6.61 Å². The van der Waals surface area contributed by atoms with Crippen LogP contribution < -0.4 is 4.89 Å². The van der Waals surface area contributed by atoms with Gasteiger partial charge in [-0.3, -0.25) is 0 Å². The molecule has 3 heteroatoms. The van der Waals surface area contributed by atoms with Crippen molar-refractivity contribution in [1.82, 2.24) is 0 Å². The summed E-state index contributed by atoms with van der Waals surface area (Å²) in [5.41, 5.74) is 3.90. The van der Waals surface area contributed by atoms with Crippen molar-refractivity contribution in [3.8, 4) is 5.75 Å². The van der Waals surface area contributed by atoms with Crippen LogP contribution >= 0.6 is 22.6 Å². The minimum atomic E-state index is 0.562. The topological polar surface area (TPSA) is 18.5 Å². The minimum Gasteiger partial charge on any atom is -0.338 e. The molecule has 0 heterocycles. The highest BCUT2D eigenvalue weighted by molar-refractivity contribution is 14.1. The first-order valence-corrected chi connectivity index (χ1v) is 6.17.